The van der Waals surface area contributed by atoms with Crippen LogP contribution < -0.4 is 4.74 Å². The van der Waals surface area contributed by atoms with Gasteiger partial charge in [0.2, 0.25) is 0 Å². The van der Waals surface area contributed by atoms with E-state index in [2.05, 4.69) is 35.2 Å². The summed E-state index contributed by atoms with van der Waals surface area (Å²) in [5.41, 5.74) is 6.40. The van der Waals surface area contributed by atoms with Crippen molar-refractivity contribution >= 4 is 11.5 Å². The van der Waals surface area contributed by atoms with Gasteiger partial charge >= 0.3 is 5.97 Å². The molecule has 2 aliphatic rings. The van der Waals surface area contributed by atoms with E-state index >= 15 is 0 Å². The SMILES string of the molecule is COC(=O)c1ccc2c(c1OC)CCCC=C2c1ccc(CC2CN(CCCF)C2)cc1. The highest BCUT2D eigenvalue weighted by Gasteiger charge is 2.26. The first-order valence-electron chi connectivity index (χ1n) is 11.5. The molecule has 32 heavy (non-hydrogen) atoms. The summed E-state index contributed by atoms with van der Waals surface area (Å²) in [6.07, 6.45) is 6.87. The van der Waals surface area contributed by atoms with Crippen LogP contribution in [0.25, 0.3) is 5.57 Å². The first kappa shape index (κ1) is 22.5. The molecule has 1 aliphatic heterocycles. The molecule has 0 atom stereocenters. The molecular weight excluding hydrogens is 405 g/mol. The number of carbonyl (C=O) groups is 1. The highest BCUT2D eigenvalue weighted by atomic mass is 19.1. The van der Waals surface area contributed by atoms with Gasteiger partial charge in [0.1, 0.15) is 11.3 Å². The lowest BCUT2D eigenvalue weighted by molar-refractivity contribution is 0.0597. The molecule has 4 nitrogen and oxygen atoms in total. The molecule has 1 fully saturated rings. The van der Waals surface area contributed by atoms with Gasteiger partial charge < -0.3 is 14.4 Å². The molecule has 1 saturated heterocycles. The van der Waals surface area contributed by atoms with Crippen molar-refractivity contribution in [2.45, 2.75) is 32.1 Å². The van der Waals surface area contributed by atoms with E-state index in [9.17, 15) is 9.18 Å². The van der Waals surface area contributed by atoms with Crippen LogP contribution >= 0.6 is 0 Å². The van der Waals surface area contributed by atoms with Crippen LogP contribution in [0.3, 0.4) is 0 Å². The molecular formula is C27H32FNO3. The molecule has 2 aromatic carbocycles. The van der Waals surface area contributed by atoms with Crippen LogP contribution in [0.1, 0.15) is 51.9 Å². The molecule has 5 heteroatoms. The van der Waals surface area contributed by atoms with E-state index in [1.807, 2.05) is 12.1 Å². The van der Waals surface area contributed by atoms with Gasteiger partial charge in [-0.1, -0.05) is 36.4 Å². The maximum Gasteiger partial charge on any atom is 0.341 e. The van der Waals surface area contributed by atoms with E-state index in [0.29, 0.717) is 23.7 Å². The third-order valence-corrected chi connectivity index (χ3v) is 6.57. The number of hydrogen-bond acceptors (Lipinski definition) is 4. The van der Waals surface area contributed by atoms with Crippen LogP contribution in [0, 0.1) is 5.92 Å². The predicted octanol–water partition coefficient (Wildman–Crippen LogP) is 5.08. The first-order chi connectivity index (χ1) is 15.6. The second-order valence-electron chi connectivity index (χ2n) is 8.74. The lowest BCUT2D eigenvalue weighted by atomic mass is 9.89. The molecule has 0 bridgehead atoms. The second-order valence-corrected chi connectivity index (χ2v) is 8.74. The Hall–Kier alpha value is -2.66. The Morgan fingerprint density at radius 2 is 1.91 bits per heavy atom. The van der Waals surface area contributed by atoms with Crippen molar-refractivity contribution in [2.24, 2.45) is 5.92 Å². The number of nitrogens with zero attached hydrogens (tertiary/aromatic N) is 1. The van der Waals surface area contributed by atoms with Gasteiger partial charge in [0, 0.05) is 25.2 Å². The van der Waals surface area contributed by atoms with Gasteiger partial charge in [-0.2, -0.15) is 0 Å². The fourth-order valence-corrected chi connectivity index (χ4v) is 4.97. The largest absolute Gasteiger partial charge is 0.496 e. The second kappa shape index (κ2) is 10.3. The minimum Gasteiger partial charge on any atom is -0.496 e. The smallest absolute Gasteiger partial charge is 0.341 e. The zero-order valence-corrected chi connectivity index (χ0v) is 19.0. The fraction of sp³-hybridized carbons (Fsp3) is 0.444. The lowest BCUT2D eigenvalue weighted by Gasteiger charge is -2.39. The van der Waals surface area contributed by atoms with E-state index < -0.39 is 0 Å². The summed E-state index contributed by atoms with van der Waals surface area (Å²) >= 11 is 0. The van der Waals surface area contributed by atoms with Gasteiger partial charge in [0.15, 0.2) is 0 Å². The van der Waals surface area contributed by atoms with Crippen molar-refractivity contribution in [3.05, 3.63) is 70.3 Å². The number of methoxy groups -OCH3 is 2. The van der Waals surface area contributed by atoms with Gasteiger partial charge in [0.05, 0.1) is 20.9 Å². The van der Waals surface area contributed by atoms with Gasteiger partial charge in [0.25, 0.3) is 0 Å². The Bertz CT molecular complexity index is 977. The number of hydrogen-bond donors (Lipinski definition) is 0. The number of benzene rings is 2. The van der Waals surface area contributed by atoms with Crippen LogP contribution in [0.4, 0.5) is 4.39 Å². The lowest BCUT2D eigenvalue weighted by Crippen LogP contribution is -2.47. The van der Waals surface area contributed by atoms with Crippen LogP contribution in [-0.2, 0) is 17.6 Å². The number of allylic oxidation sites excluding steroid dienone is 1. The Morgan fingerprint density at radius 3 is 2.59 bits per heavy atom. The molecule has 1 heterocycles. The van der Waals surface area contributed by atoms with Crippen LogP contribution in [-0.4, -0.2) is 51.4 Å². The molecule has 1 aliphatic carbocycles. The minimum atomic E-state index is -0.372. The average Bonchev–Trinajstić information content (AvgIpc) is 3.02. The van der Waals surface area contributed by atoms with E-state index in [0.717, 1.165) is 56.4 Å². The molecule has 0 spiro atoms. The van der Waals surface area contributed by atoms with Gasteiger partial charge in [-0.3, -0.25) is 4.39 Å². The standard InChI is InChI=1S/C27H32FNO3/c1-31-26-24-7-4-3-6-22(23(24)12-13-25(26)27(30)32-2)21-10-8-19(9-11-21)16-20-17-29(18-20)15-5-14-28/h6,8-13,20H,3-5,7,14-18H2,1-2H3. The maximum absolute atomic E-state index is 12.3. The fourth-order valence-electron chi connectivity index (χ4n) is 4.97. The van der Waals surface area contributed by atoms with Crippen molar-refractivity contribution in [3.8, 4) is 5.75 Å². The number of esters is 1. The summed E-state index contributed by atoms with van der Waals surface area (Å²) in [6.45, 7) is 2.79. The molecule has 0 radical (unpaired) electrons. The number of rotatable bonds is 8. The maximum atomic E-state index is 12.3. The number of carbonyl (C=O) groups excluding carboxylic acids is 1. The first-order valence-corrected chi connectivity index (χ1v) is 11.5. The van der Waals surface area contributed by atoms with Crippen molar-refractivity contribution in [2.75, 3.05) is 40.5 Å². The number of fused-ring (bicyclic) bond motifs is 1. The minimum absolute atomic E-state index is 0.225. The summed E-state index contributed by atoms with van der Waals surface area (Å²) in [5.74, 6) is 0.920. The molecule has 0 N–H and O–H groups in total. The molecule has 0 saturated carbocycles. The number of alkyl halides is 1. The van der Waals surface area contributed by atoms with Crippen molar-refractivity contribution < 1.29 is 18.7 Å². The summed E-state index contributed by atoms with van der Waals surface area (Å²) in [4.78, 5) is 14.5. The van der Waals surface area contributed by atoms with E-state index in [1.54, 1.807) is 7.11 Å². The summed E-state index contributed by atoms with van der Waals surface area (Å²) < 4.78 is 22.9. The van der Waals surface area contributed by atoms with Gasteiger partial charge in [-0.05, 0) is 66.4 Å². The molecule has 0 aromatic heterocycles. The summed E-state index contributed by atoms with van der Waals surface area (Å²) in [7, 11) is 3.01. The monoisotopic (exact) mass is 437 g/mol. The van der Waals surface area contributed by atoms with Crippen molar-refractivity contribution in [1.82, 2.24) is 4.90 Å². The zero-order chi connectivity index (χ0) is 22.5. The molecule has 0 unspecified atom stereocenters. The normalized spacial score (nSPS) is 16.5. The van der Waals surface area contributed by atoms with E-state index in [1.165, 1.54) is 23.8 Å². The van der Waals surface area contributed by atoms with Crippen LogP contribution in [0.15, 0.2) is 42.5 Å². The van der Waals surface area contributed by atoms with Crippen LogP contribution in [0.2, 0.25) is 0 Å². The highest BCUT2D eigenvalue weighted by Crippen LogP contribution is 2.38. The Balaban J connectivity index is 1.52. The molecule has 2 aromatic rings. The molecule has 0 amide bonds. The Labute approximate surface area is 190 Å². The van der Waals surface area contributed by atoms with E-state index in [-0.39, 0.29) is 12.6 Å². The van der Waals surface area contributed by atoms with Crippen LogP contribution in [0.5, 0.6) is 5.75 Å². The van der Waals surface area contributed by atoms with E-state index in [4.69, 9.17) is 9.47 Å². The summed E-state index contributed by atoms with van der Waals surface area (Å²) in [6, 6.07) is 12.7. The highest BCUT2D eigenvalue weighted by molar-refractivity contribution is 5.95. The third-order valence-electron chi connectivity index (χ3n) is 6.57. The number of ether oxygens (including phenoxy) is 2. The number of halogens is 1. The zero-order valence-electron chi connectivity index (χ0n) is 19.0. The molecule has 4 rings (SSSR count). The molecule has 170 valence electrons. The number of likely N-dealkylation sites (tertiary alicyclic amines) is 1. The predicted molar refractivity (Wildman–Crippen MR) is 125 cm³/mol. The van der Waals surface area contributed by atoms with Crippen molar-refractivity contribution in [3.63, 3.8) is 0 Å². The van der Waals surface area contributed by atoms with Gasteiger partial charge in [-0.15, -0.1) is 0 Å². The Morgan fingerprint density at radius 1 is 1.12 bits per heavy atom. The topological polar surface area (TPSA) is 38.8 Å². The summed E-state index contributed by atoms with van der Waals surface area (Å²) in [5, 5.41) is 0. The Kier molecular flexibility index (Phi) is 7.26. The van der Waals surface area contributed by atoms with Crippen molar-refractivity contribution in [1.29, 1.82) is 0 Å². The quantitative estimate of drug-likeness (QED) is 0.540. The van der Waals surface area contributed by atoms with Gasteiger partial charge in [-0.25, -0.2) is 4.79 Å². The third kappa shape index (κ3) is 4.73. The average molecular weight is 438 g/mol.